The molecule has 0 fully saturated rings. The van der Waals surface area contributed by atoms with Crippen molar-refractivity contribution in [3.63, 3.8) is 0 Å². The minimum Gasteiger partial charge on any atom is -0.279 e. The van der Waals surface area contributed by atoms with Crippen LogP contribution >= 0.6 is 33.9 Å². The molecule has 0 aliphatic rings. The molecule has 1 N–H and O–H groups in total. The van der Waals surface area contributed by atoms with Crippen LogP contribution < -0.4 is 4.72 Å². The lowest BCUT2D eigenvalue weighted by molar-refractivity contribution is 0.603. The fraction of sp³-hybridized carbons (Fsp3) is 0.167. The van der Waals surface area contributed by atoms with Gasteiger partial charge in [-0.15, -0.1) is 11.3 Å². The molecule has 1 aromatic heterocycles. The standard InChI is InChI=1S/C12H12INO2S2/c1-2-11-7-8-12(17-11)18(15,16)14-10-5-3-9(13)4-6-10/h3-8,14H,2H2,1H3. The Bertz CT molecular complexity index is 632. The predicted octanol–water partition coefficient (Wildman–Crippen LogP) is 3.72. The van der Waals surface area contributed by atoms with Gasteiger partial charge in [-0.05, 0) is 65.4 Å². The number of anilines is 1. The van der Waals surface area contributed by atoms with Crippen LogP contribution in [0.2, 0.25) is 0 Å². The molecule has 1 aromatic carbocycles. The lowest BCUT2D eigenvalue weighted by atomic mass is 10.3. The Morgan fingerprint density at radius 3 is 2.39 bits per heavy atom. The van der Waals surface area contributed by atoms with Gasteiger partial charge in [0.05, 0.1) is 0 Å². The minimum absolute atomic E-state index is 0.359. The highest BCUT2D eigenvalue weighted by molar-refractivity contribution is 14.1. The first kappa shape index (κ1) is 13.8. The average Bonchev–Trinajstić information content (AvgIpc) is 2.81. The lowest BCUT2D eigenvalue weighted by Crippen LogP contribution is -2.11. The fourth-order valence-corrected chi connectivity index (χ4v) is 4.13. The summed E-state index contributed by atoms with van der Waals surface area (Å²) in [5.74, 6) is 0. The van der Waals surface area contributed by atoms with Gasteiger partial charge in [-0.3, -0.25) is 4.72 Å². The molecular formula is C12H12INO2S2. The summed E-state index contributed by atoms with van der Waals surface area (Å²) in [5.41, 5.74) is 0.585. The van der Waals surface area contributed by atoms with Gasteiger partial charge in [-0.2, -0.15) is 0 Å². The number of nitrogens with one attached hydrogen (secondary N) is 1. The van der Waals surface area contributed by atoms with E-state index in [1.54, 1.807) is 18.2 Å². The molecule has 96 valence electrons. The van der Waals surface area contributed by atoms with Gasteiger partial charge in [0.2, 0.25) is 0 Å². The molecule has 18 heavy (non-hydrogen) atoms. The molecule has 6 heteroatoms. The molecule has 2 aromatic rings. The van der Waals surface area contributed by atoms with E-state index in [4.69, 9.17) is 0 Å². The molecule has 0 saturated heterocycles. The summed E-state index contributed by atoms with van der Waals surface area (Å²) < 4.78 is 28.2. The maximum atomic E-state index is 12.1. The fourth-order valence-electron chi connectivity index (χ4n) is 1.42. The lowest BCUT2D eigenvalue weighted by Gasteiger charge is -2.05. The van der Waals surface area contributed by atoms with Crippen LogP contribution in [0.3, 0.4) is 0 Å². The van der Waals surface area contributed by atoms with E-state index in [9.17, 15) is 8.42 Å². The van der Waals surface area contributed by atoms with Crippen molar-refractivity contribution in [3.8, 4) is 0 Å². The number of hydrogen-bond donors (Lipinski definition) is 1. The van der Waals surface area contributed by atoms with Crippen molar-refractivity contribution in [1.29, 1.82) is 0 Å². The number of aryl methyl sites for hydroxylation is 1. The highest BCUT2D eigenvalue weighted by atomic mass is 127. The number of rotatable bonds is 4. The second-order valence-electron chi connectivity index (χ2n) is 3.69. The Kier molecular flexibility index (Phi) is 4.29. The molecule has 0 amide bonds. The second-order valence-corrected chi connectivity index (χ2v) is 8.01. The highest BCUT2D eigenvalue weighted by Crippen LogP contribution is 2.24. The Hall–Kier alpha value is -0.600. The molecule has 3 nitrogen and oxygen atoms in total. The molecule has 0 spiro atoms. The molecular weight excluding hydrogens is 381 g/mol. The number of benzene rings is 1. The van der Waals surface area contributed by atoms with Crippen molar-refractivity contribution in [1.82, 2.24) is 0 Å². The number of thiophene rings is 1. The molecule has 0 radical (unpaired) electrons. The van der Waals surface area contributed by atoms with E-state index in [-0.39, 0.29) is 0 Å². The molecule has 1 heterocycles. The van der Waals surface area contributed by atoms with Crippen LogP contribution in [0.15, 0.2) is 40.6 Å². The van der Waals surface area contributed by atoms with E-state index < -0.39 is 10.0 Å². The predicted molar refractivity (Wildman–Crippen MR) is 83.7 cm³/mol. The monoisotopic (exact) mass is 393 g/mol. The largest absolute Gasteiger partial charge is 0.279 e. The summed E-state index contributed by atoms with van der Waals surface area (Å²) in [6.07, 6.45) is 0.851. The second kappa shape index (κ2) is 5.58. The smallest absolute Gasteiger partial charge is 0.271 e. The zero-order chi connectivity index (χ0) is 13.2. The van der Waals surface area contributed by atoms with Crippen LogP contribution in [0.4, 0.5) is 5.69 Å². The van der Waals surface area contributed by atoms with Crippen molar-refractivity contribution in [3.05, 3.63) is 44.8 Å². The quantitative estimate of drug-likeness (QED) is 0.805. The molecule has 0 bridgehead atoms. The Labute approximate surface area is 124 Å². The minimum atomic E-state index is -3.45. The van der Waals surface area contributed by atoms with Crippen LogP contribution in [-0.2, 0) is 16.4 Å². The van der Waals surface area contributed by atoms with Crippen molar-refractivity contribution < 1.29 is 8.42 Å². The van der Waals surface area contributed by atoms with Crippen LogP contribution in [0, 0.1) is 3.57 Å². The van der Waals surface area contributed by atoms with E-state index in [0.717, 1.165) is 14.9 Å². The van der Waals surface area contributed by atoms with Crippen molar-refractivity contribution in [2.75, 3.05) is 4.72 Å². The Morgan fingerprint density at radius 2 is 1.83 bits per heavy atom. The van der Waals surface area contributed by atoms with Gasteiger partial charge in [0, 0.05) is 14.1 Å². The number of halogens is 1. The molecule has 0 aliphatic heterocycles. The van der Waals surface area contributed by atoms with Gasteiger partial charge in [0.1, 0.15) is 4.21 Å². The zero-order valence-corrected chi connectivity index (χ0v) is 13.5. The first-order chi connectivity index (χ1) is 8.51. The molecule has 0 atom stereocenters. The zero-order valence-electron chi connectivity index (χ0n) is 9.68. The van der Waals surface area contributed by atoms with Crippen LogP contribution in [0.5, 0.6) is 0 Å². The Morgan fingerprint density at radius 1 is 1.17 bits per heavy atom. The summed E-state index contributed by atoms with van der Waals surface area (Å²) in [6.45, 7) is 2.01. The van der Waals surface area contributed by atoms with E-state index in [1.165, 1.54) is 11.3 Å². The van der Waals surface area contributed by atoms with Gasteiger partial charge in [0.25, 0.3) is 10.0 Å². The number of hydrogen-bond acceptors (Lipinski definition) is 3. The first-order valence-electron chi connectivity index (χ1n) is 5.38. The third-order valence-corrected chi connectivity index (χ3v) is 6.17. The summed E-state index contributed by atoms with van der Waals surface area (Å²) in [5, 5.41) is 0. The maximum absolute atomic E-state index is 12.1. The first-order valence-corrected chi connectivity index (χ1v) is 8.76. The average molecular weight is 393 g/mol. The van der Waals surface area contributed by atoms with Crippen molar-refractivity contribution in [2.45, 2.75) is 17.6 Å². The van der Waals surface area contributed by atoms with Gasteiger partial charge < -0.3 is 0 Å². The van der Waals surface area contributed by atoms with E-state index in [1.807, 2.05) is 25.1 Å². The van der Waals surface area contributed by atoms with Crippen LogP contribution in [-0.4, -0.2) is 8.42 Å². The normalized spacial score (nSPS) is 11.4. The van der Waals surface area contributed by atoms with E-state index >= 15 is 0 Å². The molecule has 0 saturated carbocycles. The van der Waals surface area contributed by atoms with E-state index in [0.29, 0.717) is 9.90 Å². The number of sulfonamides is 1. The van der Waals surface area contributed by atoms with Gasteiger partial charge >= 0.3 is 0 Å². The third kappa shape index (κ3) is 3.24. The van der Waals surface area contributed by atoms with Crippen molar-refractivity contribution in [2.24, 2.45) is 0 Å². The van der Waals surface area contributed by atoms with Crippen LogP contribution in [0.25, 0.3) is 0 Å². The summed E-state index contributed by atoms with van der Waals surface area (Å²) >= 11 is 3.49. The SMILES string of the molecule is CCc1ccc(S(=O)(=O)Nc2ccc(I)cc2)s1. The van der Waals surface area contributed by atoms with Gasteiger partial charge in [-0.25, -0.2) is 8.42 Å². The maximum Gasteiger partial charge on any atom is 0.271 e. The molecule has 0 aliphatic carbocycles. The summed E-state index contributed by atoms with van der Waals surface area (Å²) in [4.78, 5) is 1.07. The Balaban J connectivity index is 2.24. The summed E-state index contributed by atoms with van der Waals surface area (Å²) in [6, 6.07) is 10.8. The van der Waals surface area contributed by atoms with Crippen molar-refractivity contribution >= 4 is 49.6 Å². The van der Waals surface area contributed by atoms with Gasteiger partial charge in [-0.1, -0.05) is 6.92 Å². The van der Waals surface area contributed by atoms with E-state index in [2.05, 4.69) is 27.3 Å². The third-order valence-electron chi connectivity index (χ3n) is 2.35. The summed E-state index contributed by atoms with van der Waals surface area (Å²) in [7, 11) is -3.45. The topological polar surface area (TPSA) is 46.2 Å². The van der Waals surface area contributed by atoms with Gasteiger partial charge in [0.15, 0.2) is 0 Å². The van der Waals surface area contributed by atoms with Crippen LogP contribution in [0.1, 0.15) is 11.8 Å². The molecule has 2 rings (SSSR count). The highest BCUT2D eigenvalue weighted by Gasteiger charge is 2.16. The molecule has 0 unspecified atom stereocenters.